The van der Waals surface area contributed by atoms with E-state index in [1.54, 1.807) is 0 Å². The minimum absolute atomic E-state index is 0.163. The number of aryl methyl sites for hydroxylation is 1. The van der Waals surface area contributed by atoms with Gasteiger partial charge in [-0.3, -0.25) is 0 Å². The van der Waals surface area contributed by atoms with Crippen LogP contribution in [0.15, 0.2) is 30.3 Å². The molecule has 5 heteroatoms. The minimum Gasteiger partial charge on any atom is -0.306 e. The van der Waals surface area contributed by atoms with E-state index in [2.05, 4.69) is 5.32 Å². The van der Waals surface area contributed by atoms with E-state index in [9.17, 15) is 8.78 Å². The van der Waals surface area contributed by atoms with Gasteiger partial charge in [-0.1, -0.05) is 42.3 Å². The first-order chi connectivity index (χ1) is 9.93. The second-order valence-corrected chi connectivity index (χ2v) is 5.62. The Labute approximate surface area is 132 Å². The molecule has 0 bridgehead atoms. The third kappa shape index (κ3) is 3.54. The van der Waals surface area contributed by atoms with Gasteiger partial charge in [0.05, 0.1) is 6.04 Å². The lowest BCUT2D eigenvalue weighted by Crippen LogP contribution is -2.23. The van der Waals surface area contributed by atoms with Crippen molar-refractivity contribution in [2.45, 2.75) is 19.9 Å². The Morgan fingerprint density at radius 1 is 1.00 bits per heavy atom. The molecule has 0 spiro atoms. The number of hydrogen-bond acceptors (Lipinski definition) is 1. The first-order valence-electron chi connectivity index (χ1n) is 6.58. The van der Waals surface area contributed by atoms with Gasteiger partial charge in [-0.25, -0.2) is 8.78 Å². The largest absolute Gasteiger partial charge is 0.306 e. The first-order valence-corrected chi connectivity index (χ1v) is 7.33. The van der Waals surface area contributed by atoms with Gasteiger partial charge in [0.15, 0.2) is 11.6 Å². The zero-order chi connectivity index (χ0) is 15.6. The van der Waals surface area contributed by atoms with Crippen LogP contribution in [-0.2, 0) is 0 Å². The molecule has 0 aromatic heterocycles. The normalized spacial score (nSPS) is 12.5. The van der Waals surface area contributed by atoms with Crippen molar-refractivity contribution in [1.82, 2.24) is 5.32 Å². The Morgan fingerprint density at radius 2 is 1.62 bits per heavy atom. The molecule has 2 rings (SSSR count). The molecule has 1 atom stereocenters. The van der Waals surface area contributed by atoms with Gasteiger partial charge >= 0.3 is 0 Å². The fraction of sp³-hybridized carbons (Fsp3) is 0.250. The van der Waals surface area contributed by atoms with Crippen molar-refractivity contribution >= 4 is 23.2 Å². The lowest BCUT2D eigenvalue weighted by atomic mass is 9.97. The zero-order valence-corrected chi connectivity index (χ0v) is 13.2. The van der Waals surface area contributed by atoms with Crippen LogP contribution < -0.4 is 5.32 Å². The van der Waals surface area contributed by atoms with Crippen molar-refractivity contribution in [3.63, 3.8) is 0 Å². The maximum atomic E-state index is 13.5. The molecule has 112 valence electrons. The van der Waals surface area contributed by atoms with Gasteiger partial charge < -0.3 is 5.32 Å². The number of rotatable bonds is 4. The Hall–Kier alpha value is -1.16. The molecule has 1 N–H and O–H groups in total. The predicted molar refractivity (Wildman–Crippen MR) is 83.1 cm³/mol. The van der Waals surface area contributed by atoms with Crippen molar-refractivity contribution in [1.29, 1.82) is 0 Å². The molecule has 2 aromatic rings. The van der Waals surface area contributed by atoms with Crippen LogP contribution in [0.3, 0.4) is 0 Å². The number of nitrogens with one attached hydrogen (secondary N) is 1. The molecule has 0 amide bonds. The molecule has 0 aliphatic heterocycles. The minimum atomic E-state index is -0.964. The van der Waals surface area contributed by atoms with Gasteiger partial charge in [-0.05, 0) is 48.4 Å². The van der Waals surface area contributed by atoms with E-state index in [0.717, 1.165) is 23.3 Å². The third-order valence-electron chi connectivity index (χ3n) is 3.23. The summed E-state index contributed by atoms with van der Waals surface area (Å²) >= 11 is 12.4. The highest BCUT2D eigenvalue weighted by Gasteiger charge is 2.21. The van der Waals surface area contributed by atoms with E-state index >= 15 is 0 Å². The van der Waals surface area contributed by atoms with Gasteiger partial charge in [0.2, 0.25) is 0 Å². The van der Waals surface area contributed by atoms with Crippen LogP contribution in [0.1, 0.15) is 29.7 Å². The highest BCUT2D eigenvalue weighted by atomic mass is 35.5. The molecule has 2 aromatic carbocycles. The van der Waals surface area contributed by atoms with Crippen LogP contribution in [0.2, 0.25) is 10.0 Å². The molecule has 0 fully saturated rings. The van der Waals surface area contributed by atoms with Gasteiger partial charge in [0.1, 0.15) is 0 Å². The van der Waals surface area contributed by atoms with Gasteiger partial charge in [0, 0.05) is 10.0 Å². The smallest absolute Gasteiger partial charge is 0.160 e. The van der Waals surface area contributed by atoms with Crippen molar-refractivity contribution < 1.29 is 8.78 Å². The van der Waals surface area contributed by atoms with Crippen molar-refractivity contribution in [2.75, 3.05) is 6.54 Å². The second kappa shape index (κ2) is 6.73. The van der Waals surface area contributed by atoms with Crippen LogP contribution in [0.5, 0.6) is 0 Å². The van der Waals surface area contributed by atoms with E-state index in [4.69, 9.17) is 23.2 Å². The Balaban J connectivity index is 2.55. The highest BCUT2D eigenvalue weighted by molar-refractivity contribution is 6.32. The summed E-state index contributed by atoms with van der Waals surface area (Å²) in [5.41, 5.74) is 2.26. The molecule has 0 aliphatic rings. The van der Waals surface area contributed by atoms with Crippen LogP contribution in [0, 0.1) is 18.6 Å². The fourth-order valence-electron chi connectivity index (χ4n) is 2.22. The van der Waals surface area contributed by atoms with Gasteiger partial charge in [-0.15, -0.1) is 0 Å². The summed E-state index contributed by atoms with van der Waals surface area (Å²) in [5, 5.41) is 3.93. The predicted octanol–water partition coefficient (Wildman–Crippen LogP) is 5.28. The summed E-state index contributed by atoms with van der Waals surface area (Å²) in [7, 11) is 0. The maximum Gasteiger partial charge on any atom is 0.160 e. The topological polar surface area (TPSA) is 12.0 Å². The first kappa shape index (κ1) is 16.2. The monoisotopic (exact) mass is 329 g/mol. The summed E-state index contributed by atoms with van der Waals surface area (Å²) < 4.78 is 26.8. The van der Waals surface area contributed by atoms with Crippen LogP contribution in [-0.4, -0.2) is 6.54 Å². The molecule has 0 aliphatic carbocycles. The Morgan fingerprint density at radius 3 is 2.24 bits per heavy atom. The van der Waals surface area contributed by atoms with Crippen LogP contribution in [0.4, 0.5) is 8.78 Å². The third-order valence-corrected chi connectivity index (χ3v) is 3.88. The lowest BCUT2D eigenvalue weighted by Gasteiger charge is -2.21. The lowest BCUT2D eigenvalue weighted by molar-refractivity contribution is 0.504. The zero-order valence-electron chi connectivity index (χ0n) is 11.7. The summed E-state index contributed by atoms with van der Waals surface area (Å²) in [5.74, 6) is -1.89. The average Bonchev–Trinajstić information content (AvgIpc) is 2.41. The van der Waals surface area contributed by atoms with Gasteiger partial charge in [-0.2, -0.15) is 0 Å². The molecular formula is C16H15Cl2F2N. The average molecular weight is 330 g/mol. The Kier molecular flexibility index (Phi) is 5.20. The quantitative estimate of drug-likeness (QED) is 0.752. The maximum absolute atomic E-state index is 13.5. The number of halogens is 4. The molecule has 0 radical (unpaired) electrons. The number of benzene rings is 2. The molecule has 0 saturated heterocycles. The summed E-state index contributed by atoms with van der Waals surface area (Å²) in [6.45, 7) is 4.48. The molecule has 21 heavy (non-hydrogen) atoms. The summed E-state index contributed by atoms with van der Waals surface area (Å²) in [6.07, 6.45) is 0. The summed E-state index contributed by atoms with van der Waals surface area (Å²) in [6, 6.07) is 7.31. The SMILES string of the molecule is CCNC(c1ccc(C)cc1Cl)c1cc(F)c(F)cc1Cl. The molecule has 0 saturated carbocycles. The van der Waals surface area contributed by atoms with Crippen LogP contribution in [0.25, 0.3) is 0 Å². The molecule has 1 unspecified atom stereocenters. The molecule has 0 heterocycles. The van der Waals surface area contributed by atoms with Crippen molar-refractivity contribution in [3.8, 4) is 0 Å². The van der Waals surface area contributed by atoms with Gasteiger partial charge in [0.25, 0.3) is 0 Å². The van der Waals surface area contributed by atoms with E-state index in [0.29, 0.717) is 17.1 Å². The standard InChI is InChI=1S/C16H15Cl2F2N/c1-3-21-16(10-5-4-9(2)6-12(10)17)11-7-14(19)15(20)8-13(11)18/h4-8,16,21H,3H2,1-2H3. The second-order valence-electron chi connectivity index (χ2n) is 4.80. The van der Waals surface area contributed by atoms with Crippen LogP contribution >= 0.6 is 23.2 Å². The highest BCUT2D eigenvalue weighted by Crippen LogP contribution is 2.34. The van der Waals surface area contributed by atoms with Crippen molar-refractivity contribution in [2.24, 2.45) is 0 Å². The number of hydrogen-bond donors (Lipinski definition) is 1. The van der Waals surface area contributed by atoms with E-state index in [1.807, 2.05) is 32.0 Å². The Bertz CT molecular complexity index is 659. The summed E-state index contributed by atoms with van der Waals surface area (Å²) in [4.78, 5) is 0. The molecule has 1 nitrogen and oxygen atoms in total. The van der Waals surface area contributed by atoms with E-state index in [1.165, 1.54) is 0 Å². The fourth-order valence-corrected chi connectivity index (χ4v) is 2.82. The molecular weight excluding hydrogens is 315 g/mol. The van der Waals surface area contributed by atoms with Crippen molar-refractivity contribution in [3.05, 3.63) is 68.7 Å². The van der Waals surface area contributed by atoms with E-state index in [-0.39, 0.29) is 5.02 Å². The van der Waals surface area contributed by atoms with E-state index < -0.39 is 17.7 Å².